The van der Waals surface area contributed by atoms with Crippen LogP contribution >= 0.6 is 0 Å². The Morgan fingerprint density at radius 1 is 1.39 bits per heavy atom. The molecule has 3 rings (SSSR count). The lowest BCUT2D eigenvalue weighted by molar-refractivity contribution is -0.157. The Kier molecular flexibility index (Phi) is 3.83. The average molecular weight is 315 g/mol. The van der Waals surface area contributed by atoms with E-state index in [0.717, 1.165) is 17.3 Å². The largest absolute Gasteiger partial charge is 0.481 e. The molecule has 1 fully saturated rings. The molecule has 0 saturated heterocycles. The number of nitrogens with zero attached hydrogens (tertiary/aromatic N) is 2. The molecule has 6 heteroatoms. The summed E-state index contributed by atoms with van der Waals surface area (Å²) in [4.78, 5) is 23.6. The monoisotopic (exact) mass is 315 g/mol. The number of carboxylic acids is 1. The Morgan fingerprint density at radius 3 is 2.70 bits per heavy atom. The summed E-state index contributed by atoms with van der Waals surface area (Å²) in [6.07, 6.45) is 3.86. The average Bonchev–Trinajstić information content (AvgIpc) is 2.85. The highest BCUT2D eigenvalue weighted by Gasteiger charge is 2.45. The third-order valence-corrected chi connectivity index (χ3v) is 4.63. The number of amides is 1. The molecular formula is C17H21N3O3. The lowest BCUT2D eigenvalue weighted by atomic mass is 9.66. The van der Waals surface area contributed by atoms with E-state index in [2.05, 4.69) is 10.4 Å². The number of hydrogen-bond donors (Lipinski definition) is 2. The van der Waals surface area contributed by atoms with Gasteiger partial charge in [0.15, 0.2) is 0 Å². The molecule has 0 unspecified atom stereocenters. The summed E-state index contributed by atoms with van der Waals surface area (Å²) in [5, 5.41) is 17.5. The van der Waals surface area contributed by atoms with Crippen LogP contribution in [0.25, 0.3) is 10.9 Å². The van der Waals surface area contributed by atoms with E-state index in [1.165, 1.54) is 0 Å². The zero-order valence-electron chi connectivity index (χ0n) is 13.4. The van der Waals surface area contributed by atoms with Gasteiger partial charge in [0, 0.05) is 23.5 Å². The second-order valence-corrected chi connectivity index (χ2v) is 6.62. The maximum Gasteiger partial charge on any atom is 0.310 e. The zero-order valence-corrected chi connectivity index (χ0v) is 13.4. The van der Waals surface area contributed by atoms with E-state index in [9.17, 15) is 14.7 Å². The van der Waals surface area contributed by atoms with Crippen LogP contribution in [0.5, 0.6) is 0 Å². The van der Waals surface area contributed by atoms with Gasteiger partial charge < -0.3 is 10.4 Å². The minimum atomic E-state index is -0.868. The fraction of sp³-hybridized carbons (Fsp3) is 0.471. The first kappa shape index (κ1) is 15.5. The van der Waals surface area contributed by atoms with E-state index >= 15 is 0 Å². The molecule has 23 heavy (non-hydrogen) atoms. The van der Waals surface area contributed by atoms with Gasteiger partial charge in [-0.25, -0.2) is 0 Å². The molecule has 2 N–H and O–H groups in total. The van der Waals surface area contributed by atoms with Crippen LogP contribution in [0.1, 0.15) is 45.6 Å². The fourth-order valence-corrected chi connectivity index (χ4v) is 3.11. The Bertz CT molecular complexity index is 760. The van der Waals surface area contributed by atoms with Crippen molar-refractivity contribution in [3.8, 4) is 0 Å². The van der Waals surface area contributed by atoms with Crippen molar-refractivity contribution in [2.45, 2.75) is 45.6 Å². The summed E-state index contributed by atoms with van der Waals surface area (Å²) in [5.41, 5.74) is 0.757. The number of hydrogen-bond acceptors (Lipinski definition) is 3. The summed E-state index contributed by atoms with van der Waals surface area (Å²) < 4.78 is 1.90. The molecule has 0 aliphatic heterocycles. The van der Waals surface area contributed by atoms with E-state index in [-0.39, 0.29) is 18.4 Å². The highest BCUT2D eigenvalue weighted by Crippen LogP contribution is 2.44. The third kappa shape index (κ3) is 2.81. The molecular weight excluding hydrogens is 294 g/mol. The molecule has 1 aliphatic carbocycles. The Labute approximate surface area is 134 Å². The van der Waals surface area contributed by atoms with Gasteiger partial charge in [-0.15, -0.1) is 0 Å². The lowest BCUT2D eigenvalue weighted by Crippen LogP contribution is -2.41. The van der Waals surface area contributed by atoms with Crippen molar-refractivity contribution in [3.05, 3.63) is 24.4 Å². The van der Waals surface area contributed by atoms with E-state index in [4.69, 9.17) is 0 Å². The SMILES string of the molecule is CC(C)n1ncc2ccc(NC(=O)CC3(C(=O)O)CCC3)cc21. The Hall–Kier alpha value is -2.37. The normalized spacial score (nSPS) is 16.3. The number of anilines is 1. The van der Waals surface area contributed by atoms with Crippen molar-refractivity contribution in [1.82, 2.24) is 9.78 Å². The van der Waals surface area contributed by atoms with Gasteiger partial charge in [-0.1, -0.05) is 6.42 Å². The first-order valence-corrected chi connectivity index (χ1v) is 7.92. The van der Waals surface area contributed by atoms with Gasteiger partial charge >= 0.3 is 5.97 Å². The second kappa shape index (κ2) is 5.68. The quantitative estimate of drug-likeness (QED) is 0.887. The minimum Gasteiger partial charge on any atom is -0.481 e. The summed E-state index contributed by atoms with van der Waals surface area (Å²) in [7, 11) is 0. The highest BCUT2D eigenvalue weighted by atomic mass is 16.4. The van der Waals surface area contributed by atoms with Crippen LogP contribution in [-0.2, 0) is 9.59 Å². The first-order valence-electron chi connectivity index (χ1n) is 7.92. The van der Waals surface area contributed by atoms with Gasteiger partial charge in [0.05, 0.1) is 17.1 Å². The maximum absolute atomic E-state index is 12.2. The molecule has 0 atom stereocenters. The van der Waals surface area contributed by atoms with Gasteiger partial charge in [-0.05, 0) is 44.9 Å². The minimum absolute atomic E-state index is 0.0316. The summed E-state index contributed by atoms with van der Waals surface area (Å²) >= 11 is 0. The molecule has 2 aromatic rings. The molecule has 0 bridgehead atoms. The van der Waals surface area contributed by atoms with Crippen LogP contribution in [0.3, 0.4) is 0 Å². The number of carboxylic acid groups (broad SMARTS) is 1. The molecule has 1 saturated carbocycles. The van der Waals surface area contributed by atoms with Gasteiger partial charge in [-0.3, -0.25) is 14.3 Å². The standard InChI is InChI=1S/C17H21N3O3/c1-11(2)20-14-8-13(5-4-12(14)10-18-20)19-15(21)9-17(16(22)23)6-3-7-17/h4-5,8,10-11H,3,6-7,9H2,1-2H3,(H,19,21)(H,22,23). The number of carbonyl (C=O) groups is 2. The van der Waals surface area contributed by atoms with Gasteiger partial charge in [0.2, 0.25) is 5.91 Å². The molecule has 1 aromatic heterocycles. The number of benzene rings is 1. The number of rotatable bonds is 5. The van der Waals surface area contributed by atoms with Crippen LogP contribution in [0.4, 0.5) is 5.69 Å². The van der Waals surface area contributed by atoms with Gasteiger partial charge in [-0.2, -0.15) is 5.10 Å². The molecule has 1 amide bonds. The van der Waals surface area contributed by atoms with Crippen LogP contribution in [0, 0.1) is 5.41 Å². The smallest absolute Gasteiger partial charge is 0.310 e. The lowest BCUT2D eigenvalue weighted by Gasteiger charge is -2.36. The van der Waals surface area contributed by atoms with Crippen molar-refractivity contribution < 1.29 is 14.7 Å². The third-order valence-electron chi connectivity index (χ3n) is 4.63. The molecule has 0 radical (unpaired) electrons. The molecule has 1 aliphatic rings. The first-order chi connectivity index (χ1) is 10.9. The Balaban J connectivity index is 1.77. The van der Waals surface area contributed by atoms with Crippen molar-refractivity contribution in [3.63, 3.8) is 0 Å². The number of aromatic nitrogens is 2. The number of carbonyl (C=O) groups excluding carboxylic acids is 1. The molecule has 6 nitrogen and oxygen atoms in total. The van der Waals surface area contributed by atoms with Gasteiger partial charge in [0.1, 0.15) is 0 Å². The predicted molar refractivity (Wildman–Crippen MR) is 87.3 cm³/mol. The molecule has 1 aromatic carbocycles. The zero-order chi connectivity index (χ0) is 16.6. The van der Waals surface area contributed by atoms with Crippen LogP contribution in [0.15, 0.2) is 24.4 Å². The summed E-state index contributed by atoms with van der Waals surface area (Å²) in [6.45, 7) is 4.09. The van der Waals surface area contributed by atoms with E-state index in [1.54, 1.807) is 6.20 Å². The second-order valence-electron chi connectivity index (χ2n) is 6.62. The molecule has 122 valence electrons. The highest BCUT2D eigenvalue weighted by molar-refractivity contribution is 5.96. The number of nitrogens with one attached hydrogen (secondary N) is 1. The van der Waals surface area contributed by atoms with E-state index in [0.29, 0.717) is 18.5 Å². The van der Waals surface area contributed by atoms with Crippen molar-refractivity contribution in [2.24, 2.45) is 5.41 Å². The molecule has 1 heterocycles. The van der Waals surface area contributed by atoms with Crippen LogP contribution in [-0.4, -0.2) is 26.8 Å². The predicted octanol–water partition coefficient (Wildman–Crippen LogP) is 3.20. The van der Waals surface area contributed by atoms with Crippen LogP contribution < -0.4 is 5.32 Å². The van der Waals surface area contributed by atoms with Gasteiger partial charge in [0.25, 0.3) is 0 Å². The topological polar surface area (TPSA) is 84.2 Å². The summed E-state index contributed by atoms with van der Waals surface area (Å²) in [6, 6.07) is 5.84. The fourth-order valence-electron chi connectivity index (χ4n) is 3.11. The van der Waals surface area contributed by atoms with Crippen molar-refractivity contribution in [2.75, 3.05) is 5.32 Å². The Morgan fingerprint density at radius 2 is 2.13 bits per heavy atom. The summed E-state index contributed by atoms with van der Waals surface area (Å²) in [5.74, 6) is -1.12. The maximum atomic E-state index is 12.2. The number of aliphatic carboxylic acids is 1. The number of fused-ring (bicyclic) bond motifs is 1. The van der Waals surface area contributed by atoms with Crippen molar-refractivity contribution in [1.29, 1.82) is 0 Å². The van der Waals surface area contributed by atoms with E-state index in [1.807, 2.05) is 36.7 Å². The van der Waals surface area contributed by atoms with E-state index < -0.39 is 11.4 Å². The van der Waals surface area contributed by atoms with Crippen LogP contribution in [0.2, 0.25) is 0 Å². The molecule has 0 spiro atoms. The van der Waals surface area contributed by atoms with Crippen molar-refractivity contribution >= 4 is 28.5 Å².